The van der Waals surface area contributed by atoms with Gasteiger partial charge in [-0.1, -0.05) is 35.3 Å². The van der Waals surface area contributed by atoms with Gasteiger partial charge in [0.25, 0.3) is 0 Å². The average Bonchev–Trinajstić information content (AvgIpc) is 2.92. The maximum absolute atomic E-state index is 6.10. The summed E-state index contributed by atoms with van der Waals surface area (Å²) in [4.78, 5) is 4.24. The molecular formula is C19H26Cl2N4O2. The second kappa shape index (κ2) is 11.1. The van der Waals surface area contributed by atoms with E-state index in [-0.39, 0.29) is 0 Å². The molecule has 0 aliphatic carbocycles. The SMILES string of the molecule is CN=C(NCc1cccc(OCCCOC)c1)NCc1cc(Cl)c(Cl)n1C. The molecule has 0 amide bonds. The molecule has 0 aliphatic heterocycles. The van der Waals surface area contributed by atoms with E-state index in [9.17, 15) is 0 Å². The van der Waals surface area contributed by atoms with Gasteiger partial charge in [-0.3, -0.25) is 4.99 Å². The molecule has 2 aromatic rings. The van der Waals surface area contributed by atoms with Gasteiger partial charge in [-0.15, -0.1) is 0 Å². The van der Waals surface area contributed by atoms with Gasteiger partial charge in [0.1, 0.15) is 10.9 Å². The molecule has 0 unspecified atom stereocenters. The number of benzene rings is 1. The number of aromatic nitrogens is 1. The smallest absolute Gasteiger partial charge is 0.191 e. The molecule has 6 nitrogen and oxygen atoms in total. The molecule has 1 aromatic carbocycles. The Morgan fingerprint density at radius 2 is 1.93 bits per heavy atom. The van der Waals surface area contributed by atoms with E-state index in [0.717, 1.165) is 23.4 Å². The standard InChI is InChI=1S/C19H26Cl2N4O2/c1-22-19(24-13-15-11-17(20)18(21)25(15)2)23-12-14-6-4-7-16(10-14)27-9-5-8-26-3/h4,6-7,10-11H,5,8-9,12-13H2,1-3H3,(H2,22,23,24). The number of methoxy groups -OCH3 is 1. The number of aliphatic imine (C=N–C) groups is 1. The van der Waals surface area contributed by atoms with Crippen molar-refractivity contribution in [2.75, 3.05) is 27.4 Å². The maximum atomic E-state index is 6.10. The zero-order valence-electron chi connectivity index (χ0n) is 15.9. The summed E-state index contributed by atoms with van der Waals surface area (Å²) in [6.45, 7) is 2.52. The summed E-state index contributed by atoms with van der Waals surface area (Å²) in [5.41, 5.74) is 2.08. The third-order valence-electron chi connectivity index (χ3n) is 4.00. The van der Waals surface area contributed by atoms with Crippen LogP contribution in [0.2, 0.25) is 10.2 Å². The Kier molecular flexibility index (Phi) is 8.78. The molecule has 27 heavy (non-hydrogen) atoms. The molecule has 0 saturated heterocycles. The van der Waals surface area contributed by atoms with Crippen molar-refractivity contribution < 1.29 is 9.47 Å². The van der Waals surface area contributed by atoms with E-state index >= 15 is 0 Å². The van der Waals surface area contributed by atoms with E-state index in [1.54, 1.807) is 14.2 Å². The molecule has 2 rings (SSSR count). The highest BCUT2D eigenvalue weighted by atomic mass is 35.5. The van der Waals surface area contributed by atoms with Gasteiger partial charge in [0, 0.05) is 46.5 Å². The summed E-state index contributed by atoms with van der Waals surface area (Å²) < 4.78 is 12.6. The van der Waals surface area contributed by atoms with E-state index < -0.39 is 0 Å². The first-order valence-electron chi connectivity index (χ1n) is 8.70. The lowest BCUT2D eigenvalue weighted by Gasteiger charge is -2.13. The number of nitrogens with zero attached hydrogens (tertiary/aromatic N) is 2. The fourth-order valence-corrected chi connectivity index (χ4v) is 2.89. The average molecular weight is 413 g/mol. The van der Waals surface area contributed by atoms with Crippen molar-refractivity contribution in [1.29, 1.82) is 0 Å². The van der Waals surface area contributed by atoms with Gasteiger partial charge >= 0.3 is 0 Å². The number of ether oxygens (including phenoxy) is 2. The van der Waals surface area contributed by atoms with Gasteiger partial charge in [0.15, 0.2) is 5.96 Å². The summed E-state index contributed by atoms with van der Waals surface area (Å²) in [7, 11) is 5.29. The second-order valence-corrected chi connectivity index (χ2v) is 6.72. The highest BCUT2D eigenvalue weighted by molar-refractivity contribution is 6.41. The van der Waals surface area contributed by atoms with E-state index in [1.807, 2.05) is 41.9 Å². The monoisotopic (exact) mass is 412 g/mol. The zero-order valence-corrected chi connectivity index (χ0v) is 17.4. The summed E-state index contributed by atoms with van der Waals surface area (Å²) in [6, 6.07) is 9.83. The zero-order chi connectivity index (χ0) is 19.6. The quantitative estimate of drug-likeness (QED) is 0.375. The summed E-state index contributed by atoms with van der Waals surface area (Å²) >= 11 is 12.1. The predicted octanol–water partition coefficient (Wildman–Crippen LogP) is 3.61. The number of nitrogens with one attached hydrogen (secondary N) is 2. The van der Waals surface area contributed by atoms with E-state index in [0.29, 0.717) is 42.4 Å². The van der Waals surface area contributed by atoms with Crippen LogP contribution in [0.15, 0.2) is 35.3 Å². The topological polar surface area (TPSA) is 59.8 Å². The third-order valence-corrected chi connectivity index (χ3v) is 4.84. The molecule has 0 fully saturated rings. The van der Waals surface area contributed by atoms with Crippen LogP contribution in [0, 0.1) is 0 Å². The number of guanidine groups is 1. The molecule has 0 aliphatic rings. The Balaban J connectivity index is 1.84. The Morgan fingerprint density at radius 3 is 2.59 bits per heavy atom. The molecular weight excluding hydrogens is 387 g/mol. The molecule has 1 aromatic heterocycles. The Bertz CT molecular complexity index is 762. The van der Waals surface area contributed by atoms with Crippen LogP contribution >= 0.6 is 23.2 Å². The highest BCUT2D eigenvalue weighted by Crippen LogP contribution is 2.24. The van der Waals surface area contributed by atoms with Crippen LogP contribution in [-0.4, -0.2) is 37.9 Å². The first kappa shape index (κ1) is 21.4. The van der Waals surface area contributed by atoms with Gasteiger partial charge in [0.2, 0.25) is 0 Å². The van der Waals surface area contributed by atoms with Gasteiger partial charge in [-0.2, -0.15) is 0 Å². The van der Waals surface area contributed by atoms with E-state index in [4.69, 9.17) is 32.7 Å². The molecule has 0 radical (unpaired) electrons. The molecule has 0 bridgehead atoms. The van der Waals surface area contributed by atoms with Gasteiger partial charge in [-0.25, -0.2) is 0 Å². The number of halogens is 2. The van der Waals surface area contributed by atoms with Crippen molar-refractivity contribution in [2.45, 2.75) is 19.5 Å². The Morgan fingerprint density at radius 1 is 1.15 bits per heavy atom. The minimum atomic E-state index is 0.527. The lowest BCUT2D eigenvalue weighted by Crippen LogP contribution is -2.36. The summed E-state index contributed by atoms with van der Waals surface area (Å²) in [5.74, 6) is 1.54. The molecule has 1 heterocycles. The fourth-order valence-electron chi connectivity index (χ4n) is 2.48. The molecule has 8 heteroatoms. The minimum Gasteiger partial charge on any atom is -0.493 e. The van der Waals surface area contributed by atoms with E-state index in [1.165, 1.54) is 0 Å². The molecule has 2 N–H and O–H groups in total. The number of rotatable bonds is 9. The van der Waals surface area contributed by atoms with Crippen LogP contribution < -0.4 is 15.4 Å². The van der Waals surface area contributed by atoms with E-state index in [2.05, 4.69) is 15.6 Å². The normalized spacial score (nSPS) is 11.5. The Labute approximate surface area is 170 Å². The lowest BCUT2D eigenvalue weighted by molar-refractivity contribution is 0.172. The van der Waals surface area contributed by atoms with Crippen LogP contribution in [0.3, 0.4) is 0 Å². The van der Waals surface area contributed by atoms with Crippen molar-refractivity contribution in [2.24, 2.45) is 12.0 Å². The minimum absolute atomic E-state index is 0.527. The van der Waals surface area contributed by atoms with Crippen LogP contribution in [0.1, 0.15) is 17.7 Å². The molecule has 0 atom stereocenters. The lowest BCUT2D eigenvalue weighted by atomic mass is 10.2. The molecule has 0 saturated carbocycles. The first-order chi connectivity index (χ1) is 13.0. The van der Waals surface area contributed by atoms with Gasteiger partial charge in [0.05, 0.1) is 18.2 Å². The van der Waals surface area contributed by atoms with Gasteiger partial charge < -0.3 is 24.7 Å². The third kappa shape index (κ3) is 6.65. The highest BCUT2D eigenvalue weighted by Gasteiger charge is 2.09. The maximum Gasteiger partial charge on any atom is 0.191 e. The molecule has 148 valence electrons. The van der Waals surface area contributed by atoms with Crippen LogP contribution in [0.5, 0.6) is 5.75 Å². The number of hydrogen-bond donors (Lipinski definition) is 2. The molecule has 0 spiro atoms. The Hall–Kier alpha value is -1.89. The summed E-state index contributed by atoms with van der Waals surface area (Å²) in [5, 5.41) is 7.61. The van der Waals surface area contributed by atoms with Gasteiger partial charge in [-0.05, 0) is 23.8 Å². The summed E-state index contributed by atoms with van der Waals surface area (Å²) in [6.07, 6.45) is 0.864. The van der Waals surface area contributed by atoms with Crippen molar-refractivity contribution in [1.82, 2.24) is 15.2 Å². The van der Waals surface area contributed by atoms with Crippen molar-refractivity contribution >= 4 is 29.2 Å². The fraction of sp³-hybridized carbons (Fsp3) is 0.421. The largest absolute Gasteiger partial charge is 0.493 e. The number of hydrogen-bond acceptors (Lipinski definition) is 3. The van der Waals surface area contributed by atoms with Crippen molar-refractivity contribution in [3.63, 3.8) is 0 Å². The first-order valence-corrected chi connectivity index (χ1v) is 9.45. The van der Waals surface area contributed by atoms with Crippen molar-refractivity contribution in [3.8, 4) is 5.75 Å². The second-order valence-electron chi connectivity index (χ2n) is 5.95. The van der Waals surface area contributed by atoms with Crippen LogP contribution in [0.25, 0.3) is 0 Å². The van der Waals surface area contributed by atoms with Crippen LogP contribution in [0.4, 0.5) is 0 Å². The van der Waals surface area contributed by atoms with Crippen molar-refractivity contribution in [3.05, 3.63) is 51.8 Å². The predicted molar refractivity (Wildman–Crippen MR) is 111 cm³/mol. The van der Waals surface area contributed by atoms with Crippen LogP contribution in [-0.2, 0) is 24.9 Å².